The highest BCUT2D eigenvalue weighted by Crippen LogP contribution is 2.35. The molecule has 0 saturated heterocycles. The molecule has 4 rings (SSSR count). The summed E-state index contributed by atoms with van der Waals surface area (Å²) in [6, 6.07) is 20.5. The number of rotatable bonds is 6. The van der Waals surface area contributed by atoms with E-state index >= 15 is 0 Å². The van der Waals surface area contributed by atoms with Crippen molar-refractivity contribution in [2.45, 2.75) is 33.1 Å². The number of nitrogens with one attached hydrogen (secondary N) is 1. The molecule has 0 spiro atoms. The van der Waals surface area contributed by atoms with Gasteiger partial charge in [0.2, 0.25) is 0 Å². The molecule has 2 N–H and O–H groups in total. The fraction of sp³-hybridized carbons (Fsp3) is 0.250. The van der Waals surface area contributed by atoms with E-state index < -0.39 is 17.8 Å². The number of carbonyl (C=O) groups excluding carboxylic acids is 2. The number of ketones is 1. The van der Waals surface area contributed by atoms with Crippen LogP contribution in [-0.2, 0) is 4.79 Å². The van der Waals surface area contributed by atoms with Gasteiger partial charge in [0.1, 0.15) is 0 Å². The molecule has 0 heterocycles. The number of hydrogen-bond donors (Lipinski definition) is 2. The number of amides is 1. The summed E-state index contributed by atoms with van der Waals surface area (Å²) < 4.78 is 0. The molecule has 33 heavy (non-hydrogen) atoms. The first-order valence-corrected chi connectivity index (χ1v) is 11.2. The van der Waals surface area contributed by atoms with Crippen LogP contribution in [0.1, 0.15) is 51.1 Å². The smallest absolute Gasteiger partial charge is 0.307 e. The van der Waals surface area contributed by atoms with Gasteiger partial charge in [0.15, 0.2) is 5.78 Å². The van der Waals surface area contributed by atoms with Crippen molar-refractivity contribution in [2.24, 2.45) is 11.8 Å². The largest absolute Gasteiger partial charge is 0.481 e. The molecule has 0 bridgehead atoms. The summed E-state index contributed by atoms with van der Waals surface area (Å²) in [5.74, 6) is -2.14. The van der Waals surface area contributed by atoms with Gasteiger partial charge in [-0.05, 0) is 73.2 Å². The summed E-state index contributed by atoms with van der Waals surface area (Å²) >= 11 is 0. The molecule has 0 aromatic heterocycles. The van der Waals surface area contributed by atoms with Crippen LogP contribution in [0, 0.1) is 25.7 Å². The molecular formula is C28H27NO4. The number of anilines is 1. The first kappa shape index (κ1) is 22.5. The van der Waals surface area contributed by atoms with Gasteiger partial charge in [-0.3, -0.25) is 14.4 Å². The zero-order valence-corrected chi connectivity index (χ0v) is 18.8. The Morgan fingerprint density at radius 3 is 1.94 bits per heavy atom. The van der Waals surface area contributed by atoms with Crippen molar-refractivity contribution in [1.82, 2.24) is 0 Å². The molecule has 168 valence electrons. The van der Waals surface area contributed by atoms with Gasteiger partial charge in [-0.1, -0.05) is 48.9 Å². The van der Waals surface area contributed by atoms with E-state index in [1.165, 1.54) is 0 Å². The van der Waals surface area contributed by atoms with Crippen LogP contribution in [0.3, 0.4) is 0 Å². The second kappa shape index (κ2) is 9.41. The van der Waals surface area contributed by atoms with E-state index in [0.29, 0.717) is 29.7 Å². The second-order valence-corrected chi connectivity index (χ2v) is 8.75. The third-order valence-electron chi connectivity index (χ3n) is 6.58. The van der Waals surface area contributed by atoms with Gasteiger partial charge in [-0.25, -0.2) is 0 Å². The molecule has 1 aliphatic rings. The molecule has 1 aliphatic carbocycles. The molecule has 5 nitrogen and oxygen atoms in total. The normalized spacial score (nSPS) is 17.5. The van der Waals surface area contributed by atoms with Crippen LogP contribution in [0.4, 0.5) is 5.69 Å². The Morgan fingerprint density at radius 1 is 0.758 bits per heavy atom. The Morgan fingerprint density at radius 2 is 1.33 bits per heavy atom. The second-order valence-electron chi connectivity index (χ2n) is 8.75. The quantitative estimate of drug-likeness (QED) is 0.466. The van der Waals surface area contributed by atoms with E-state index in [4.69, 9.17) is 0 Å². The van der Waals surface area contributed by atoms with Crippen LogP contribution in [0.25, 0.3) is 11.1 Å². The van der Waals surface area contributed by atoms with Crippen molar-refractivity contribution in [1.29, 1.82) is 0 Å². The highest BCUT2D eigenvalue weighted by Gasteiger charge is 2.37. The number of carbonyl (C=O) groups is 3. The number of carboxylic acids is 1. The van der Waals surface area contributed by atoms with Crippen LogP contribution in [-0.4, -0.2) is 22.8 Å². The molecule has 0 radical (unpaired) electrons. The van der Waals surface area contributed by atoms with E-state index in [2.05, 4.69) is 5.32 Å². The summed E-state index contributed by atoms with van der Waals surface area (Å²) in [5, 5.41) is 12.3. The first-order valence-electron chi connectivity index (χ1n) is 11.2. The predicted molar refractivity (Wildman–Crippen MR) is 129 cm³/mol. The lowest BCUT2D eigenvalue weighted by Gasteiger charge is -2.14. The zero-order chi connectivity index (χ0) is 23.5. The van der Waals surface area contributed by atoms with Gasteiger partial charge in [-0.15, -0.1) is 0 Å². The van der Waals surface area contributed by atoms with Gasteiger partial charge < -0.3 is 10.4 Å². The van der Waals surface area contributed by atoms with Crippen molar-refractivity contribution >= 4 is 23.3 Å². The van der Waals surface area contributed by atoms with Crippen molar-refractivity contribution < 1.29 is 19.5 Å². The number of aliphatic carboxylic acids is 1. The molecular weight excluding hydrogens is 414 g/mol. The van der Waals surface area contributed by atoms with Crippen LogP contribution >= 0.6 is 0 Å². The number of aryl methyl sites for hydroxylation is 2. The highest BCUT2D eigenvalue weighted by atomic mass is 16.4. The number of Topliss-reactive ketones (excluding diaryl/α,β-unsaturated/α-hetero) is 1. The lowest BCUT2D eigenvalue weighted by atomic mass is 9.88. The van der Waals surface area contributed by atoms with Crippen LogP contribution in [0.2, 0.25) is 0 Å². The predicted octanol–water partition coefficient (Wildman–Crippen LogP) is 5.91. The standard InChI is InChI=1S/C28H27NO4/c1-17-6-7-22(16-18(17)2)27(31)29-23-14-12-20(13-15-23)19-8-10-21(11-9-19)26(30)24-4-3-5-25(24)28(32)33/h6-16,24-25H,3-5H2,1-2H3,(H,29,31)(H,32,33)/t24-,25-/m1/s1. The van der Waals surface area contributed by atoms with E-state index in [0.717, 1.165) is 28.7 Å². The Bertz CT molecular complexity index is 1200. The molecule has 3 aromatic carbocycles. The molecule has 1 saturated carbocycles. The van der Waals surface area contributed by atoms with E-state index in [-0.39, 0.29) is 11.7 Å². The number of hydrogen-bond acceptors (Lipinski definition) is 3. The Balaban J connectivity index is 1.43. The third kappa shape index (κ3) is 4.87. The van der Waals surface area contributed by atoms with Crippen molar-refractivity contribution in [3.8, 4) is 11.1 Å². The van der Waals surface area contributed by atoms with Crippen molar-refractivity contribution in [3.05, 3.63) is 89.0 Å². The maximum Gasteiger partial charge on any atom is 0.307 e. The minimum Gasteiger partial charge on any atom is -0.481 e. The zero-order valence-electron chi connectivity index (χ0n) is 18.8. The maximum atomic E-state index is 12.8. The fourth-order valence-corrected chi connectivity index (χ4v) is 4.44. The molecule has 5 heteroatoms. The van der Waals surface area contributed by atoms with Gasteiger partial charge in [0.25, 0.3) is 5.91 Å². The molecule has 0 unspecified atom stereocenters. The van der Waals surface area contributed by atoms with Gasteiger partial charge in [0.05, 0.1) is 5.92 Å². The average molecular weight is 442 g/mol. The summed E-state index contributed by atoms with van der Waals surface area (Å²) in [6.45, 7) is 4.00. The Kier molecular flexibility index (Phi) is 6.40. The van der Waals surface area contributed by atoms with Crippen molar-refractivity contribution in [3.63, 3.8) is 0 Å². The van der Waals surface area contributed by atoms with Gasteiger partial charge >= 0.3 is 5.97 Å². The first-order chi connectivity index (χ1) is 15.8. The summed E-state index contributed by atoms with van der Waals surface area (Å²) in [6.07, 6.45) is 1.97. The minimum absolute atomic E-state index is 0.0872. The molecule has 1 fully saturated rings. The molecule has 3 aromatic rings. The summed E-state index contributed by atoms with van der Waals surface area (Å²) in [7, 11) is 0. The highest BCUT2D eigenvalue weighted by molar-refractivity contribution is 6.04. The van der Waals surface area contributed by atoms with E-state index in [1.54, 1.807) is 12.1 Å². The summed E-state index contributed by atoms with van der Waals surface area (Å²) in [5.41, 5.74) is 6.00. The van der Waals surface area contributed by atoms with Crippen LogP contribution < -0.4 is 5.32 Å². The van der Waals surface area contributed by atoms with E-state index in [1.807, 2.05) is 68.4 Å². The summed E-state index contributed by atoms with van der Waals surface area (Å²) in [4.78, 5) is 36.7. The monoisotopic (exact) mass is 441 g/mol. The Labute approximate surface area is 193 Å². The van der Waals surface area contributed by atoms with Crippen molar-refractivity contribution in [2.75, 3.05) is 5.32 Å². The lowest BCUT2D eigenvalue weighted by molar-refractivity contribution is -0.142. The lowest BCUT2D eigenvalue weighted by Crippen LogP contribution is -2.25. The van der Waals surface area contributed by atoms with Crippen LogP contribution in [0.15, 0.2) is 66.7 Å². The van der Waals surface area contributed by atoms with Gasteiger partial charge in [0, 0.05) is 22.7 Å². The molecule has 2 atom stereocenters. The fourth-order valence-electron chi connectivity index (χ4n) is 4.44. The van der Waals surface area contributed by atoms with Gasteiger partial charge in [-0.2, -0.15) is 0 Å². The third-order valence-corrected chi connectivity index (χ3v) is 6.58. The minimum atomic E-state index is -0.882. The van der Waals surface area contributed by atoms with Crippen LogP contribution in [0.5, 0.6) is 0 Å². The Hall–Kier alpha value is -3.73. The average Bonchev–Trinajstić information content (AvgIpc) is 3.31. The topological polar surface area (TPSA) is 83.5 Å². The van der Waals surface area contributed by atoms with E-state index in [9.17, 15) is 19.5 Å². The maximum absolute atomic E-state index is 12.8. The number of carboxylic acid groups (broad SMARTS) is 1. The number of benzene rings is 3. The molecule has 0 aliphatic heterocycles. The molecule has 1 amide bonds. The SMILES string of the molecule is Cc1ccc(C(=O)Nc2ccc(-c3ccc(C(=O)[C@@H]4CCC[C@H]4C(=O)O)cc3)cc2)cc1C.